The minimum atomic E-state index is -4.58. The first kappa shape index (κ1) is 23.3. The summed E-state index contributed by atoms with van der Waals surface area (Å²) >= 11 is 2.85. The summed E-state index contributed by atoms with van der Waals surface area (Å²) < 4.78 is 44.2. The van der Waals surface area contributed by atoms with E-state index in [1.807, 2.05) is 6.07 Å². The summed E-state index contributed by atoms with van der Waals surface area (Å²) in [5, 5.41) is 9.34. The number of nitriles is 1. The molecule has 0 amide bonds. The number of alkyl halides is 3. The van der Waals surface area contributed by atoms with E-state index in [1.165, 1.54) is 31.3 Å². The van der Waals surface area contributed by atoms with Crippen molar-refractivity contribution in [2.24, 2.45) is 0 Å². The fourth-order valence-corrected chi connectivity index (χ4v) is 3.01. The van der Waals surface area contributed by atoms with Crippen molar-refractivity contribution in [1.82, 2.24) is 4.98 Å². The number of esters is 1. The predicted octanol–water partition coefficient (Wildman–Crippen LogP) is 5.08. The molecule has 0 N–H and O–H groups in total. The number of aromatic nitrogens is 1. The molecule has 30 heavy (non-hydrogen) atoms. The number of hydrogen-bond acceptors (Lipinski definition) is 5. The molecule has 1 aromatic heterocycles. The van der Waals surface area contributed by atoms with E-state index in [9.17, 15) is 28.0 Å². The quantitative estimate of drug-likeness (QED) is 0.239. The Bertz CT molecular complexity index is 999. The lowest BCUT2D eigenvalue weighted by atomic mass is 9.96. The average molecular weight is 481 g/mol. The van der Waals surface area contributed by atoms with Crippen LogP contribution in [0.1, 0.15) is 36.1 Å². The van der Waals surface area contributed by atoms with Gasteiger partial charge in [-0.25, -0.2) is 4.79 Å². The number of pyridine rings is 1. The lowest BCUT2D eigenvalue weighted by Crippen LogP contribution is -2.16. The second-order valence-electron chi connectivity index (χ2n) is 6.21. The van der Waals surface area contributed by atoms with E-state index in [2.05, 4.69) is 20.9 Å². The van der Waals surface area contributed by atoms with Gasteiger partial charge in [-0.1, -0.05) is 28.1 Å². The molecule has 0 bridgehead atoms. The molecule has 0 aliphatic heterocycles. The normalized spacial score (nSPS) is 12.7. The van der Waals surface area contributed by atoms with Crippen LogP contribution < -0.4 is 0 Å². The molecule has 156 valence electrons. The van der Waals surface area contributed by atoms with E-state index in [0.29, 0.717) is 5.69 Å². The third-order valence-corrected chi connectivity index (χ3v) is 4.76. The first-order valence-corrected chi connectivity index (χ1v) is 9.50. The van der Waals surface area contributed by atoms with Crippen LogP contribution in [-0.4, -0.2) is 23.3 Å². The van der Waals surface area contributed by atoms with Crippen LogP contribution in [0.25, 0.3) is 6.08 Å². The Labute approximate surface area is 179 Å². The van der Waals surface area contributed by atoms with Crippen LogP contribution in [-0.2, 0) is 20.5 Å². The molecule has 5 nitrogen and oxygen atoms in total. The Morgan fingerprint density at radius 3 is 2.60 bits per heavy atom. The van der Waals surface area contributed by atoms with E-state index < -0.39 is 29.4 Å². The van der Waals surface area contributed by atoms with Crippen molar-refractivity contribution < 1.29 is 27.5 Å². The van der Waals surface area contributed by atoms with Crippen LogP contribution in [0.3, 0.4) is 0 Å². The highest BCUT2D eigenvalue weighted by Crippen LogP contribution is 2.37. The zero-order chi connectivity index (χ0) is 22.3. The van der Waals surface area contributed by atoms with Crippen molar-refractivity contribution in [3.8, 4) is 6.07 Å². The number of carbonyl (C=O) groups excluding carboxylic acids is 2. The average Bonchev–Trinajstić information content (AvgIpc) is 2.69. The minimum Gasteiger partial charge on any atom is -0.462 e. The summed E-state index contributed by atoms with van der Waals surface area (Å²) in [6.45, 7) is 0.954. The second kappa shape index (κ2) is 10.2. The molecule has 0 saturated heterocycles. The molecule has 2 rings (SSSR count). The Morgan fingerprint density at radius 1 is 1.30 bits per heavy atom. The Morgan fingerprint density at radius 2 is 2.03 bits per heavy atom. The number of benzene rings is 1. The molecule has 9 heteroatoms. The molecule has 0 saturated carbocycles. The minimum absolute atomic E-state index is 0.0318. The molecule has 0 aliphatic carbocycles. The Hall–Kier alpha value is -2.99. The van der Waals surface area contributed by atoms with Crippen LogP contribution in [0.4, 0.5) is 13.2 Å². The van der Waals surface area contributed by atoms with Gasteiger partial charge in [0.05, 0.1) is 29.9 Å². The summed E-state index contributed by atoms with van der Waals surface area (Å²) in [5.74, 6) is -2.34. The molecule has 1 unspecified atom stereocenters. The topological polar surface area (TPSA) is 80.1 Å². The number of nitrogens with zero attached hydrogens (tertiary/aromatic N) is 2. The lowest BCUT2D eigenvalue weighted by molar-refractivity contribution is -0.140. The molecule has 0 aliphatic rings. The fraction of sp³-hybridized carbons (Fsp3) is 0.238. The van der Waals surface area contributed by atoms with Crippen LogP contribution in [0.5, 0.6) is 0 Å². The second-order valence-corrected chi connectivity index (χ2v) is 7.07. The molecular formula is C21H16BrF3N2O3. The maximum absolute atomic E-state index is 13.1. The molecule has 2 aromatic rings. The van der Waals surface area contributed by atoms with Gasteiger partial charge in [-0.05, 0) is 42.8 Å². The van der Waals surface area contributed by atoms with Gasteiger partial charge in [-0.15, -0.1) is 0 Å². The standard InChI is InChI=1S/C21H16BrF3N2O3/c1-13(28)17(11-16-4-2-3-8-27-16)20(29)30-9-7-15(12-26)14-5-6-19(22)18(10-14)21(23,24)25/h2-6,8,10-11,15H,7,9H2,1H3/b17-11-. The number of halogens is 4. The summed E-state index contributed by atoms with van der Waals surface area (Å²) in [5.41, 5.74) is -0.566. The number of rotatable bonds is 7. The summed E-state index contributed by atoms with van der Waals surface area (Å²) in [6.07, 6.45) is -1.82. The van der Waals surface area contributed by atoms with Gasteiger partial charge in [-0.2, -0.15) is 18.4 Å². The van der Waals surface area contributed by atoms with Crippen molar-refractivity contribution in [3.63, 3.8) is 0 Å². The largest absolute Gasteiger partial charge is 0.462 e. The Balaban J connectivity index is 2.09. The summed E-state index contributed by atoms with van der Waals surface area (Å²) in [6, 6.07) is 10.4. The van der Waals surface area contributed by atoms with E-state index in [1.54, 1.807) is 18.2 Å². The maximum atomic E-state index is 13.1. The van der Waals surface area contributed by atoms with Crippen LogP contribution in [0, 0.1) is 11.3 Å². The lowest BCUT2D eigenvalue weighted by Gasteiger charge is -2.14. The van der Waals surface area contributed by atoms with Gasteiger partial charge in [0.25, 0.3) is 0 Å². The van der Waals surface area contributed by atoms with E-state index in [4.69, 9.17) is 4.74 Å². The number of ether oxygens (including phenoxy) is 1. The van der Waals surface area contributed by atoms with Gasteiger partial charge < -0.3 is 4.74 Å². The molecule has 1 heterocycles. The molecular weight excluding hydrogens is 465 g/mol. The van der Waals surface area contributed by atoms with Gasteiger partial charge in [0.1, 0.15) is 5.57 Å². The monoisotopic (exact) mass is 480 g/mol. The molecule has 0 spiro atoms. The number of ketones is 1. The predicted molar refractivity (Wildman–Crippen MR) is 106 cm³/mol. The SMILES string of the molecule is CC(=O)/C(=C/c1ccccn1)C(=O)OCCC(C#N)c1ccc(Br)c(C(F)(F)F)c1. The van der Waals surface area contributed by atoms with Gasteiger partial charge in [0.2, 0.25) is 0 Å². The van der Waals surface area contributed by atoms with Crippen LogP contribution in [0.2, 0.25) is 0 Å². The molecule has 1 atom stereocenters. The Kier molecular flexibility index (Phi) is 7.89. The van der Waals surface area contributed by atoms with E-state index in [0.717, 1.165) is 6.07 Å². The number of carbonyl (C=O) groups is 2. The van der Waals surface area contributed by atoms with Gasteiger partial charge in [-0.3, -0.25) is 9.78 Å². The third kappa shape index (κ3) is 6.26. The van der Waals surface area contributed by atoms with Gasteiger partial charge in [0, 0.05) is 17.1 Å². The molecule has 0 fully saturated rings. The molecule has 0 radical (unpaired) electrons. The van der Waals surface area contributed by atoms with Crippen molar-refractivity contribution in [2.45, 2.75) is 25.4 Å². The highest BCUT2D eigenvalue weighted by Gasteiger charge is 2.33. The van der Waals surface area contributed by atoms with Gasteiger partial charge >= 0.3 is 12.1 Å². The van der Waals surface area contributed by atoms with Crippen LogP contribution in [0.15, 0.2) is 52.6 Å². The first-order chi connectivity index (χ1) is 14.1. The van der Waals surface area contributed by atoms with Crippen LogP contribution >= 0.6 is 15.9 Å². The zero-order valence-electron chi connectivity index (χ0n) is 15.7. The third-order valence-electron chi connectivity index (χ3n) is 4.07. The highest BCUT2D eigenvalue weighted by molar-refractivity contribution is 9.10. The van der Waals surface area contributed by atoms with Crippen molar-refractivity contribution >= 4 is 33.8 Å². The van der Waals surface area contributed by atoms with Crippen molar-refractivity contribution in [2.75, 3.05) is 6.61 Å². The van der Waals surface area contributed by atoms with Crippen molar-refractivity contribution in [3.05, 3.63) is 69.5 Å². The smallest absolute Gasteiger partial charge is 0.417 e. The molecule has 1 aromatic carbocycles. The number of Topliss-reactive ketones (excluding diaryl/α,β-unsaturated/α-hetero) is 1. The zero-order valence-corrected chi connectivity index (χ0v) is 17.3. The van der Waals surface area contributed by atoms with Gasteiger partial charge in [0.15, 0.2) is 5.78 Å². The summed E-state index contributed by atoms with van der Waals surface area (Å²) in [7, 11) is 0. The van der Waals surface area contributed by atoms with Crippen molar-refractivity contribution in [1.29, 1.82) is 5.26 Å². The van der Waals surface area contributed by atoms with E-state index >= 15 is 0 Å². The first-order valence-electron chi connectivity index (χ1n) is 8.70. The number of hydrogen-bond donors (Lipinski definition) is 0. The summed E-state index contributed by atoms with van der Waals surface area (Å²) in [4.78, 5) is 28.0. The maximum Gasteiger partial charge on any atom is 0.417 e. The van der Waals surface area contributed by atoms with E-state index in [-0.39, 0.29) is 28.6 Å². The highest BCUT2D eigenvalue weighted by atomic mass is 79.9. The fourth-order valence-electron chi connectivity index (χ4n) is 2.54.